The van der Waals surface area contributed by atoms with E-state index in [0.717, 1.165) is 24.3 Å². The Morgan fingerprint density at radius 1 is 1.04 bits per heavy atom. The first-order valence-electron chi connectivity index (χ1n) is 7.98. The van der Waals surface area contributed by atoms with Crippen LogP contribution in [0.5, 0.6) is 17.2 Å². The molecule has 0 amide bonds. The van der Waals surface area contributed by atoms with Gasteiger partial charge in [0.05, 0.1) is 27.6 Å². The van der Waals surface area contributed by atoms with Gasteiger partial charge in [0.15, 0.2) is 17.5 Å². The molecule has 26 heavy (non-hydrogen) atoms. The van der Waals surface area contributed by atoms with Gasteiger partial charge in [-0.1, -0.05) is 0 Å². The van der Waals surface area contributed by atoms with E-state index in [0.29, 0.717) is 29.8 Å². The van der Waals surface area contributed by atoms with Crippen molar-refractivity contribution in [3.8, 4) is 17.2 Å². The van der Waals surface area contributed by atoms with Gasteiger partial charge in [0.25, 0.3) is 0 Å². The summed E-state index contributed by atoms with van der Waals surface area (Å²) in [6.07, 6.45) is 2.46. The molecule has 1 aromatic carbocycles. The first kappa shape index (κ1) is 21.9. The Labute approximate surface area is 171 Å². The fourth-order valence-electron chi connectivity index (χ4n) is 2.46. The molecule has 0 aliphatic carbocycles. The summed E-state index contributed by atoms with van der Waals surface area (Å²) in [5.41, 5.74) is 0.939. The second kappa shape index (κ2) is 11.5. The van der Waals surface area contributed by atoms with E-state index in [4.69, 9.17) is 18.6 Å². The minimum absolute atomic E-state index is 0. The first-order chi connectivity index (χ1) is 12.2. The summed E-state index contributed by atoms with van der Waals surface area (Å²) in [6.45, 7) is 1.25. The fraction of sp³-hybridized carbons (Fsp3) is 0.389. The van der Waals surface area contributed by atoms with Crippen LogP contribution in [0.1, 0.15) is 11.3 Å². The molecule has 2 rings (SSSR count). The minimum Gasteiger partial charge on any atom is -0.493 e. The smallest absolute Gasteiger partial charge is 0.203 e. The van der Waals surface area contributed by atoms with E-state index in [2.05, 4.69) is 15.6 Å². The fourth-order valence-corrected chi connectivity index (χ4v) is 2.46. The monoisotopic (exact) mass is 475 g/mol. The van der Waals surface area contributed by atoms with Crippen molar-refractivity contribution < 1.29 is 18.6 Å². The molecule has 0 radical (unpaired) electrons. The number of nitrogens with one attached hydrogen (secondary N) is 2. The largest absolute Gasteiger partial charge is 0.493 e. The third kappa shape index (κ3) is 5.72. The minimum atomic E-state index is 0. The Kier molecular flexibility index (Phi) is 9.71. The van der Waals surface area contributed by atoms with Crippen LogP contribution in [0.4, 0.5) is 0 Å². The van der Waals surface area contributed by atoms with Crippen molar-refractivity contribution in [2.24, 2.45) is 4.99 Å². The van der Waals surface area contributed by atoms with Crippen LogP contribution in [0, 0.1) is 0 Å². The molecule has 2 aromatic rings. The van der Waals surface area contributed by atoms with Crippen molar-refractivity contribution in [3.63, 3.8) is 0 Å². The molecule has 0 fully saturated rings. The average molecular weight is 475 g/mol. The third-order valence-electron chi connectivity index (χ3n) is 3.70. The molecule has 0 aliphatic heterocycles. The van der Waals surface area contributed by atoms with Crippen LogP contribution in [-0.2, 0) is 13.0 Å². The number of methoxy groups -OCH3 is 3. The maximum Gasteiger partial charge on any atom is 0.203 e. The van der Waals surface area contributed by atoms with Crippen molar-refractivity contribution >= 4 is 29.9 Å². The Bertz CT molecular complexity index is 690. The summed E-state index contributed by atoms with van der Waals surface area (Å²) < 4.78 is 21.5. The van der Waals surface area contributed by atoms with Gasteiger partial charge in [-0.15, -0.1) is 24.0 Å². The number of hydrogen-bond acceptors (Lipinski definition) is 5. The molecule has 0 bridgehead atoms. The Hall–Kier alpha value is -2.10. The van der Waals surface area contributed by atoms with E-state index in [1.165, 1.54) is 0 Å². The van der Waals surface area contributed by atoms with Crippen LogP contribution in [0.25, 0.3) is 0 Å². The summed E-state index contributed by atoms with van der Waals surface area (Å²) in [5, 5.41) is 6.51. The number of guanidine groups is 1. The third-order valence-corrected chi connectivity index (χ3v) is 3.70. The highest BCUT2D eigenvalue weighted by Gasteiger charge is 2.15. The summed E-state index contributed by atoms with van der Waals surface area (Å²) in [6, 6.07) is 7.62. The Balaban J connectivity index is 0.00000338. The highest BCUT2D eigenvalue weighted by molar-refractivity contribution is 14.0. The quantitative estimate of drug-likeness (QED) is 0.348. The average Bonchev–Trinajstić information content (AvgIpc) is 3.16. The molecule has 0 aliphatic rings. The lowest BCUT2D eigenvalue weighted by molar-refractivity contribution is 0.322. The van der Waals surface area contributed by atoms with Crippen LogP contribution in [0.2, 0.25) is 0 Å². The molecule has 0 atom stereocenters. The van der Waals surface area contributed by atoms with Crippen LogP contribution < -0.4 is 24.8 Å². The predicted octanol–water partition coefficient (Wildman–Crippen LogP) is 2.83. The van der Waals surface area contributed by atoms with Gasteiger partial charge in [0.2, 0.25) is 5.75 Å². The number of halogens is 1. The van der Waals surface area contributed by atoms with Crippen LogP contribution in [-0.4, -0.2) is 40.9 Å². The molecule has 8 heteroatoms. The van der Waals surface area contributed by atoms with Gasteiger partial charge in [-0.3, -0.25) is 4.99 Å². The molecular formula is C18H26IN3O4. The number of rotatable bonds is 8. The van der Waals surface area contributed by atoms with E-state index in [1.807, 2.05) is 24.3 Å². The van der Waals surface area contributed by atoms with Gasteiger partial charge < -0.3 is 29.3 Å². The number of aliphatic imine (C=N–C) groups is 1. The molecule has 7 nitrogen and oxygen atoms in total. The molecular weight excluding hydrogens is 449 g/mol. The van der Waals surface area contributed by atoms with Gasteiger partial charge in [-0.25, -0.2) is 0 Å². The van der Waals surface area contributed by atoms with Crippen molar-refractivity contribution in [2.75, 3.05) is 34.9 Å². The Morgan fingerprint density at radius 3 is 2.38 bits per heavy atom. The van der Waals surface area contributed by atoms with Crippen LogP contribution >= 0.6 is 24.0 Å². The van der Waals surface area contributed by atoms with Crippen molar-refractivity contribution in [2.45, 2.75) is 13.0 Å². The predicted molar refractivity (Wildman–Crippen MR) is 112 cm³/mol. The van der Waals surface area contributed by atoms with Gasteiger partial charge in [-0.2, -0.15) is 0 Å². The first-order valence-corrected chi connectivity index (χ1v) is 7.98. The van der Waals surface area contributed by atoms with E-state index in [-0.39, 0.29) is 24.0 Å². The molecule has 1 heterocycles. The van der Waals surface area contributed by atoms with Gasteiger partial charge in [0.1, 0.15) is 5.76 Å². The van der Waals surface area contributed by atoms with E-state index >= 15 is 0 Å². The maximum absolute atomic E-state index is 5.49. The van der Waals surface area contributed by atoms with Gasteiger partial charge in [-0.05, 0) is 24.3 Å². The standard InChI is InChI=1S/C18H25N3O4.HI/c1-19-18(20-10-9-14-6-5-11-25-14)21-12-13-7-8-15(22-2)17(24-4)16(13)23-3;/h5-8,11H,9-10,12H2,1-4H3,(H2,19,20,21);1H. The Morgan fingerprint density at radius 2 is 1.81 bits per heavy atom. The van der Waals surface area contributed by atoms with Crippen LogP contribution in [0.3, 0.4) is 0 Å². The van der Waals surface area contributed by atoms with E-state index in [1.54, 1.807) is 34.6 Å². The number of benzene rings is 1. The van der Waals surface area contributed by atoms with E-state index in [9.17, 15) is 0 Å². The molecule has 0 unspecified atom stereocenters. The highest BCUT2D eigenvalue weighted by atomic mass is 127. The number of furan rings is 1. The summed E-state index contributed by atoms with van der Waals surface area (Å²) in [7, 11) is 6.53. The second-order valence-corrected chi connectivity index (χ2v) is 5.18. The zero-order valence-corrected chi connectivity index (χ0v) is 17.8. The topological polar surface area (TPSA) is 77.3 Å². The zero-order chi connectivity index (χ0) is 18.1. The number of nitrogens with zero attached hydrogens (tertiary/aromatic N) is 1. The highest BCUT2D eigenvalue weighted by Crippen LogP contribution is 2.39. The van der Waals surface area contributed by atoms with Gasteiger partial charge >= 0.3 is 0 Å². The molecule has 0 saturated heterocycles. The van der Waals surface area contributed by atoms with Crippen molar-refractivity contribution in [3.05, 3.63) is 41.9 Å². The molecule has 0 saturated carbocycles. The zero-order valence-electron chi connectivity index (χ0n) is 15.5. The van der Waals surface area contributed by atoms with Gasteiger partial charge in [0, 0.05) is 32.1 Å². The lowest BCUT2D eigenvalue weighted by Crippen LogP contribution is -2.37. The van der Waals surface area contributed by atoms with Crippen molar-refractivity contribution in [1.29, 1.82) is 0 Å². The normalized spacial score (nSPS) is 10.7. The van der Waals surface area contributed by atoms with E-state index < -0.39 is 0 Å². The molecule has 144 valence electrons. The van der Waals surface area contributed by atoms with Crippen LogP contribution in [0.15, 0.2) is 39.9 Å². The van der Waals surface area contributed by atoms with Crippen molar-refractivity contribution in [1.82, 2.24) is 10.6 Å². The number of ether oxygens (including phenoxy) is 3. The molecule has 1 aromatic heterocycles. The lowest BCUT2D eigenvalue weighted by Gasteiger charge is -2.17. The SMILES string of the molecule is CN=C(NCCc1ccco1)NCc1ccc(OC)c(OC)c1OC.I. The molecule has 2 N–H and O–H groups in total. The summed E-state index contributed by atoms with van der Waals surface area (Å²) >= 11 is 0. The summed E-state index contributed by atoms with van der Waals surface area (Å²) in [4.78, 5) is 4.22. The maximum atomic E-state index is 5.49. The number of hydrogen-bond donors (Lipinski definition) is 2. The molecule has 0 spiro atoms. The second-order valence-electron chi connectivity index (χ2n) is 5.18. The summed E-state index contributed by atoms with van der Waals surface area (Å²) in [5.74, 6) is 3.47. The lowest BCUT2D eigenvalue weighted by atomic mass is 10.1.